The maximum atomic E-state index is 13.5. The van der Waals surface area contributed by atoms with Crippen LogP contribution in [0, 0.1) is 10.1 Å². The van der Waals surface area contributed by atoms with E-state index in [1.165, 1.54) is 6.07 Å². The van der Waals surface area contributed by atoms with Gasteiger partial charge in [0.15, 0.2) is 0 Å². The minimum Gasteiger partial charge on any atom is -0.370 e. The van der Waals surface area contributed by atoms with Crippen molar-refractivity contribution in [3.8, 4) is 0 Å². The Balaban J connectivity index is 1.75. The van der Waals surface area contributed by atoms with Crippen molar-refractivity contribution >= 4 is 11.4 Å². The molecule has 0 N–H and O–H groups in total. The van der Waals surface area contributed by atoms with Crippen molar-refractivity contribution in [1.82, 2.24) is 14.7 Å². The van der Waals surface area contributed by atoms with E-state index < -0.39 is 22.4 Å². The van der Waals surface area contributed by atoms with E-state index in [4.69, 9.17) is 0 Å². The quantitative estimate of drug-likeness (QED) is 0.570. The number of aromatic nitrogens is 2. The van der Waals surface area contributed by atoms with Crippen molar-refractivity contribution in [2.45, 2.75) is 32.6 Å². The van der Waals surface area contributed by atoms with E-state index in [0.29, 0.717) is 38.7 Å². The van der Waals surface area contributed by atoms with Gasteiger partial charge >= 0.3 is 6.18 Å². The predicted molar refractivity (Wildman–Crippen MR) is 98.1 cm³/mol. The number of alkyl halides is 3. The highest BCUT2D eigenvalue weighted by Crippen LogP contribution is 2.39. The Hall–Kier alpha value is -2.62. The number of benzene rings is 1. The fourth-order valence-electron chi connectivity index (χ4n) is 3.43. The fraction of sp³-hybridized carbons (Fsp3) is 0.500. The number of hydrogen-bond acceptors (Lipinski definition) is 5. The second-order valence-corrected chi connectivity index (χ2v) is 6.78. The smallest absolute Gasteiger partial charge is 0.370 e. The first-order valence-corrected chi connectivity index (χ1v) is 9.12. The lowest BCUT2D eigenvalue weighted by Gasteiger charge is -2.26. The van der Waals surface area contributed by atoms with E-state index >= 15 is 0 Å². The van der Waals surface area contributed by atoms with Crippen LogP contribution in [0.5, 0.6) is 0 Å². The lowest BCUT2D eigenvalue weighted by molar-refractivity contribution is -0.385. The first kappa shape index (κ1) is 20.1. The minimum absolute atomic E-state index is 0.00116. The van der Waals surface area contributed by atoms with Crippen LogP contribution in [0.4, 0.5) is 24.5 Å². The molecule has 0 amide bonds. The Bertz CT molecular complexity index is 837. The molecule has 10 heteroatoms. The third-order valence-corrected chi connectivity index (χ3v) is 4.84. The van der Waals surface area contributed by atoms with Crippen molar-refractivity contribution in [2.24, 2.45) is 0 Å². The summed E-state index contributed by atoms with van der Waals surface area (Å²) in [5.41, 5.74) is -0.444. The van der Waals surface area contributed by atoms with E-state index in [0.717, 1.165) is 24.7 Å². The molecule has 0 atom stereocenters. The van der Waals surface area contributed by atoms with Crippen LogP contribution in [0.3, 0.4) is 0 Å². The largest absolute Gasteiger partial charge is 0.418 e. The second kappa shape index (κ2) is 8.17. The number of nitro groups is 1. The minimum atomic E-state index is -4.65. The average molecular weight is 397 g/mol. The first-order chi connectivity index (χ1) is 13.3. The molecular weight excluding hydrogens is 375 g/mol. The lowest BCUT2D eigenvalue weighted by Crippen LogP contribution is -2.31. The van der Waals surface area contributed by atoms with Gasteiger partial charge in [-0.2, -0.15) is 18.3 Å². The summed E-state index contributed by atoms with van der Waals surface area (Å²) in [5, 5.41) is 15.1. The van der Waals surface area contributed by atoms with Gasteiger partial charge in [0.05, 0.1) is 16.7 Å². The summed E-state index contributed by atoms with van der Waals surface area (Å²) < 4.78 is 42.3. The van der Waals surface area contributed by atoms with Crippen molar-refractivity contribution in [1.29, 1.82) is 0 Å². The normalized spacial score (nSPS) is 16.2. The first-order valence-electron chi connectivity index (χ1n) is 9.12. The molecule has 1 aromatic carbocycles. The Labute approximate surface area is 160 Å². The Morgan fingerprint density at radius 2 is 2.00 bits per heavy atom. The highest BCUT2D eigenvalue weighted by Gasteiger charge is 2.36. The van der Waals surface area contributed by atoms with Crippen LogP contribution in [0.1, 0.15) is 24.5 Å². The van der Waals surface area contributed by atoms with E-state index in [2.05, 4.69) is 10.00 Å². The van der Waals surface area contributed by atoms with Crippen LogP contribution in [0.2, 0.25) is 0 Å². The Kier molecular flexibility index (Phi) is 5.87. The molecule has 0 aliphatic carbocycles. The highest BCUT2D eigenvalue weighted by molar-refractivity contribution is 5.59. The van der Waals surface area contributed by atoms with Gasteiger partial charge in [-0.05, 0) is 19.4 Å². The molecule has 3 rings (SSSR count). The van der Waals surface area contributed by atoms with Crippen molar-refractivity contribution in [3.05, 3.63) is 51.8 Å². The van der Waals surface area contributed by atoms with Crippen LogP contribution in [-0.2, 0) is 19.3 Å². The Morgan fingerprint density at radius 1 is 1.21 bits per heavy atom. The molecule has 2 heterocycles. The number of hydrogen-bond donors (Lipinski definition) is 0. The molecule has 7 nitrogen and oxygen atoms in total. The van der Waals surface area contributed by atoms with Crippen LogP contribution in [-0.4, -0.2) is 45.8 Å². The summed E-state index contributed by atoms with van der Waals surface area (Å²) in [6, 6.07) is 2.96. The fourth-order valence-corrected chi connectivity index (χ4v) is 3.43. The van der Waals surface area contributed by atoms with E-state index in [-0.39, 0.29) is 5.69 Å². The van der Waals surface area contributed by atoms with E-state index in [9.17, 15) is 23.3 Å². The van der Waals surface area contributed by atoms with Crippen molar-refractivity contribution < 1.29 is 18.1 Å². The summed E-state index contributed by atoms with van der Waals surface area (Å²) in [7, 11) is 0. The van der Waals surface area contributed by atoms with E-state index in [1.54, 1.807) is 4.90 Å². The molecular formula is C18H22F3N5O2. The number of nitro benzene ring substituents is 1. The SMILES string of the molecule is CCn1cc(CN2CCCN(c3ccc([N+](=O)[O-])cc3C(F)(F)F)CC2)cn1. The maximum absolute atomic E-state index is 13.5. The molecule has 1 fully saturated rings. The highest BCUT2D eigenvalue weighted by atomic mass is 19.4. The molecule has 2 aromatic rings. The average Bonchev–Trinajstić information content (AvgIpc) is 2.97. The zero-order valence-corrected chi connectivity index (χ0v) is 15.5. The Morgan fingerprint density at radius 3 is 2.64 bits per heavy atom. The van der Waals surface area contributed by atoms with Gasteiger partial charge in [-0.15, -0.1) is 0 Å². The summed E-state index contributed by atoms with van der Waals surface area (Å²) in [4.78, 5) is 13.9. The van der Waals surface area contributed by atoms with Gasteiger partial charge < -0.3 is 4.90 Å². The summed E-state index contributed by atoms with van der Waals surface area (Å²) in [6.45, 7) is 5.74. The third-order valence-electron chi connectivity index (χ3n) is 4.84. The number of rotatable bonds is 5. The number of anilines is 1. The molecule has 1 aliphatic heterocycles. The molecule has 0 unspecified atom stereocenters. The molecule has 0 bridgehead atoms. The molecule has 0 spiro atoms. The molecule has 0 saturated carbocycles. The number of nitrogens with zero attached hydrogens (tertiary/aromatic N) is 5. The van der Waals surface area contributed by atoms with Crippen LogP contribution < -0.4 is 4.90 Å². The second-order valence-electron chi connectivity index (χ2n) is 6.78. The van der Waals surface area contributed by atoms with Gasteiger partial charge in [-0.3, -0.25) is 19.7 Å². The van der Waals surface area contributed by atoms with Gasteiger partial charge in [0, 0.05) is 68.8 Å². The van der Waals surface area contributed by atoms with Gasteiger partial charge in [-0.25, -0.2) is 0 Å². The number of aryl methyl sites for hydroxylation is 1. The van der Waals surface area contributed by atoms with Gasteiger partial charge in [0.2, 0.25) is 0 Å². The van der Waals surface area contributed by atoms with Gasteiger partial charge in [-0.1, -0.05) is 0 Å². The number of halogens is 3. The predicted octanol–water partition coefficient (Wildman–Crippen LogP) is 3.54. The molecule has 28 heavy (non-hydrogen) atoms. The summed E-state index contributed by atoms with van der Waals surface area (Å²) in [6.07, 6.45) is -0.163. The standard InChI is InChI=1S/C18H22F3N5O2/c1-2-25-13-14(11-22-25)12-23-6-3-7-24(9-8-23)17-5-4-15(26(27)28)10-16(17)18(19,20)21/h4-5,10-11,13H,2-3,6-9,12H2,1H3. The summed E-state index contributed by atoms with van der Waals surface area (Å²) >= 11 is 0. The van der Waals surface area contributed by atoms with E-state index in [1.807, 2.05) is 24.0 Å². The summed E-state index contributed by atoms with van der Waals surface area (Å²) in [5.74, 6) is 0. The van der Waals surface area contributed by atoms with Gasteiger partial charge in [0.25, 0.3) is 5.69 Å². The van der Waals surface area contributed by atoms with Crippen molar-refractivity contribution in [3.63, 3.8) is 0 Å². The van der Waals surface area contributed by atoms with Crippen LogP contribution >= 0.6 is 0 Å². The van der Waals surface area contributed by atoms with Crippen molar-refractivity contribution in [2.75, 3.05) is 31.1 Å². The third kappa shape index (κ3) is 4.61. The van der Waals surface area contributed by atoms with Crippen LogP contribution in [0.15, 0.2) is 30.6 Å². The maximum Gasteiger partial charge on any atom is 0.418 e. The molecule has 1 aliphatic rings. The van der Waals surface area contributed by atoms with Crippen LogP contribution in [0.25, 0.3) is 0 Å². The molecule has 152 valence electrons. The zero-order chi connectivity index (χ0) is 20.3. The van der Waals surface area contributed by atoms with Gasteiger partial charge in [0.1, 0.15) is 0 Å². The molecule has 0 radical (unpaired) electrons. The number of non-ortho nitro benzene ring substituents is 1. The zero-order valence-electron chi connectivity index (χ0n) is 15.5. The molecule has 1 aromatic heterocycles. The lowest BCUT2D eigenvalue weighted by atomic mass is 10.1. The topological polar surface area (TPSA) is 67.4 Å². The molecule has 1 saturated heterocycles. The monoisotopic (exact) mass is 397 g/mol.